The second-order valence-corrected chi connectivity index (χ2v) is 5.79. The summed E-state index contributed by atoms with van der Waals surface area (Å²) in [5.74, 6) is 12.5. The average Bonchev–Trinajstić information content (AvgIpc) is 2.62. The number of hydrogen-bond donors (Lipinski definition) is 5. The van der Waals surface area contributed by atoms with Gasteiger partial charge in [0.1, 0.15) is 0 Å². The van der Waals surface area contributed by atoms with Gasteiger partial charge in [-0.1, -0.05) is 41.9 Å². The zero-order valence-electron chi connectivity index (χ0n) is 13.5. The summed E-state index contributed by atoms with van der Waals surface area (Å²) in [6.07, 6.45) is 0. The van der Waals surface area contributed by atoms with E-state index in [-0.39, 0.29) is 0 Å². The number of halogens is 1. The van der Waals surface area contributed by atoms with Gasteiger partial charge in [-0.2, -0.15) is 9.97 Å². The molecule has 7 N–H and O–H groups in total. The Balaban J connectivity index is 2.10. The van der Waals surface area contributed by atoms with Crippen LogP contribution in [0.25, 0.3) is 11.1 Å². The van der Waals surface area contributed by atoms with Gasteiger partial charge in [-0.3, -0.25) is 0 Å². The molecule has 0 saturated heterocycles. The van der Waals surface area contributed by atoms with E-state index in [0.717, 1.165) is 16.8 Å². The van der Waals surface area contributed by atoms with Gasteiger partial charge in [-0.05, 0) is 30.7 Å². The van der Waals surface area contributed by atoms with Crippen molar-refractivity contribution in [3.8, 4) is 11.1 Å². The van der Waals surface area contributed by atoms with Crippen molar-refractivity contribution in [1.82, 2.24) is 9.97 Å². The summed E-state index contributed by atoms with van der Waals surface area (Å²) in [6.45, 7) is 1.96. The molecule has 2 aromatic carbocycles. The minimum Gasteiger partial charge on any atom is -0.324 e. The quantitative estimate of drug-likeness (QED) is 0.352. The van der Waals surface area contributed by atoms with E-state index in [1.54, 1.807) is 0 Å². The van der Waals surface area contributed by atoms with E-state index in [4.69, 9.17) is 23.3 Å². The number of anilines is 4. The number of aryl methyl sites for hydroxylation is 1. The van der Waals surface area contributed by atoms with Crippen LogP contribution < -0.4 is 27.9 Å². The molecule has 7 nitrogen and oxygen atoms in total. The molecule has 128 valence electrons. The summed E-state index contributed by atoms with van der Waals surface area (Å²) in [5, 5.41) is 3.67. The molecule has 0 atom stereocenters. The van der Waals surface area contributed by atoms with E-state index in [9.17, 15) is 0 Å². The summed E-state index contributed by atoms with van der Waals surface area (Å²) in [6, 6.07) is 15.2. The van der Waals surface area contributed by atoms with E-state index in [1.807, 2.05) is 55.5 Å². The lowest BCUT2D eigenvalue weighted by molar-refractivity contribution is 1.12. The Morgan fingerprint density at radius 2 is 1.56 bits per heavy atom. The molecule has 0 amide bonds. The number of nitrogens with two attached hydrogens (primary N) is 2. The first-order valence-corrected chi connectivity index (χ1v) is 7.94. The number of para-hydroxylation sites is 1. The third-order valence-electron chi connectivity index (χ3n) is 3.61. The van der Waals surface area contributed by atoms with Gasteiger partial charge in [-0.25, -0.2) is 11.7 Å². The average molecular weight is 356 g/mol. The number of hydrogen-bond acceptors (Lipinski definition) is 7. The monoisotopic (exact) mass is 355 g/mol. The van der Waals surface area contributed by atoms with Crippen molar-refractivity contribution in [2.75, 3.05) is 16.2 Å². The molecule has 0 unspecified atom stereocenters. The van der Waals surface area contributed by atoms with Gasteiger partial charge >= 0.3 is 0 Å². The number of nitrogens with one attached hydrogen (secondary N) is 3. The number of nitrogen functional groups attached to an aromatic ring is 2. The Hall–Kier alpha value is -2.87. The van der Waals surface area contributed by atoms with E-state index >= 15 is 0 Å². The van der Waals surface area contributed by atoms with Crippen LogP contribution in [0.15, 0.2) is 48.5 Å². The smallest absolute Gasteiger partial charge is 0.231 e. The summed E-state index contributed by atoms with van der Waals surface area (Å²) in [4.78, 5) is 8.84. The first kappa shape index (κ1) is 17.0. The highest BCUT2D eigenvalue weighted by Gasteiger charge is 2.18. The van der Waals surface area contributed by atoms with Crippen LogP contribution in [0.4, 0.5) is 23.3 Å². The lowest BCUT2D eigenvalue weighted by Crippen LogP contribution is -2.17. The van der Waals surface area contributed by atoms with Crippen molar-refractivity contribution >= 4 is 34.9 Å². The number of hydrazine groups is 2. The van der Waals surface area contributed by atoms with Gasteiger partial charge in [0.15, 0.2) is 11.6 Å². The highest BCUT2D eigenvalue weighted by molar-refractivity contribution is 6.33. The van der Waals surface area contributed by atoms with Crippen LogP contribution in [0.1, 0.15) is 5.56 Å². The van der Waals surface area contributed by atoms with E-state index < -0.39 is 0 Å². The number of benzene rings is 2. The predicted octanol–water partition coefficient (Wildman–Crippen LogP) is 3.42. The Kier molecular flexibility index (Phi) is 4.99. The second kappa shape index (κ2) is 7.35. The van der Waals surface area contributed by atoms with Crippen LogP contribution in [0.5, 0.6) is 0 Å². The van der Waals surface area contributed by atoms with E-state index in [1.165, 1.54) is 0 Å². The third kappa shape index (κ3) is 3.63. The number of nitrogens with zero attached hydrogens (tertiary/aromatic N) is 2. The molecule has 25 heavy (non-hydrogen) atoms. The first-order chi connectivity index (χ1) is 12.1. The molecule has 1 aromatic heterocycles. The highest BCUT2D eigenvalue weighted by atomic mass is 35.5. The first-order valence-electron chi connectivity index (χ1n) is 7.56. The van der Waals surface area contributed by atoms with Gasteiger partial charge in [0, 0.05) is 16.3 Å². The van der Waals surface area contributed by atoms with Gasteiger partial charge in [0.05, 0.1) is 5.56 Å². The maximum atomic E-state index is 6.38. The molecule has 0 aliphatic heterocycles. The molecule has 0 radical (unpaired) electrons. The molecule has 0 spiro atoms. The van der Waals surface area contributed by atoms with Gasteiger partial charge in [0.2, 0.25) is 5.95 Å². The summed E-state index contributed by atoms with van der Waals surface area (Å²) >= 11 is 6.38. The lowest BCUT2D eigenvalue weighted by atomic mass is 10.0. The molecular weight excluding hydrogens is 338 g/mol. The Labute approximate surface area is 150 Å². The fourth-order valence-electron chi connectivity index (χ4n) is 2.45. The van der Waals surface area contributed by atoms with Gasteiger partial charge in [0.25, 0.3) is 0 Å². The zero-order chi connectivity index (χ0) is 17.8. The molecule has 0 bridgehead atoms. The van der Waals surface area contributed by atoms with Crippen LogP contribution in [-0.4, -0.2) is 9.97 Å². The van der Waals surface area contributed by atoms with Crippen molar-refractivity contribution in [3.05, 3.63) is 59.1 Å². The normalized spacial score (nSPS) is 10.4. The summed E-state index contributed by atoms with van der Waals surface area (Å²) in [7, 11) is 0. The Morgan fingerprint density at radius 1 is 0.920 bits per heavy atom. The van der Waals surface area contributed by atoms with Crippen molar-refractivity contribution < 1.29 is 0 Å². The summed E-state index contributed by atoms with van der Waals surface area (Å²) < 4.78 is 0. The van der Waals surface area contributed by atoms with E-state index in [0.29, 0.717) is 28.2 Å². The highest BCUT2D eigenvalue weighted by Crippen LogP contribution is 2.38. The zero-order valence-corrected chi connectivity index (χ0v) is 14.3. The fraction of sp³-hybridized carbons (Fsp3) is 0.0588. The molecule has 8 heteroatoms. The topological polar surface area (TPSA) is 114 Å². The predicted molar refractivity (Wildman–Crippen MR) is 103 cm³/mol. The maximum absolute atomic E-state index is 6.38. The molecule has 0 saturated carbocycles. The second-order valence-electron chi connectivity index (χ2n) is 5.38. The third-order valence-corrected chi connectivity index (χ3v) is 3.92. The van der Waals surface area contributed by atoms with Crippen molar-refractivity contribution in [2.45, 2.75) is 6.92 Å². The number of aromatic nitrogens is 2. The van der Waals surface area contributed by atoms with Crippen molar-refractivity contribution in [2.24, 2.45) is 11.7 Å². The van der Waals surface area contributed by atoms with Gasteiger partial charge < -0.3 is 16.2 Å². The van der Waals surface area contributed by atoms with Crippen LogP contribution in [0, 0.1) is 6.92 Å². The molecule has 3 rings (SSSR count). The summed E-state index contributed by atoms with van der Waals surface area (Å²) in [5.41, 5.74) is 8.38. The van der Waals surface area contributed by atoms with Crippen molar-refractivity contribution in [3.63, 3.8) is 0 Å². The van der Waals surface area contributed by atoms with Crippen molar-refractivity contribution in [1.29, 1.82) is 0 Å². The Morgan fingerprint density at radius 3 is 2.12 bits per heavy atom. The minimum absolute atomic E-state index is 0.346. The molecule has 0 aliphatic rings. The molecular formula is C17H18ClN7. The van der Waals surface area contributed by atoms with Crippen LogP contribution >= 0.6 is 11.6 Å². The molecule has 3 aromatic rings. The van der Waals surface area contributed by atoms with Crippen LogP contribution in [0.2, 0.25) is 5.02 Å². The Bertz CT molecular complexity index is 858. The number of rotatable bonds is 5. The molecule has 0 fully saturated rings. The minimum atomic E-state index is 0.346. The van der Waals surface area contributed by atoms with Gasteiger partial charge in [-0.15, -0.1) is 0 Å². The SMILES string of the molecule is Cc1ccc(-c2c(NN)nc(Nc3ccccc3)nc2NN)c(Cl)c1. The molecule has 0 aliphatic carbocycles. The van der Waals surface area contributed by atoms with Crippen LogP contribution in [0.3, 0.4) is 0 Å². The van der Waals surface area contributed by atoms with Crippen LogP contribution in [-0.2, 0) is 0 Å². The lowest BCUT2D eigenvalue weighted by Gasteiger charge is -2.16. The standard InChI is InChI=1S/C17H18ClN7/c1-10-7-8-12(13(18)9-10)14-15(24-19)22-17(23-16(14)25-20)21-11-5-3-2-4-6-11/h2-9H,19-20H2,1H3,(H3,21,22,23,24,25). The fourth-order valence-corrected chi connectivity index (χ4v) is 2.78. The molecule has 1 heterocycles. The largest absolute Gasteiger partial charge is 0.324 e. The maximum Gasteiger partial charge on any atom is 0.231 e. The van der Waals surface area contributed by atoms with E-state index in [2.05, 4.69) is 26.1 Å².